The van der Waals surface area contributed by atoms with Gasteiger partial charge in [-0.05, 0) is 11.6 Å². The summed E-state index contributed by atoms with van der Waals surface area (Å²) >= 11 is 0. The molecule has 2 heterocycles. The molecule has 0 N–H and O–H groups in total. The van der Waals surface area contributed by atoms with Gasteiger partial charge in [-0.1, -0.05) is 18.2 Å². The van der Waals surface area contributed by atoms with E-state index in [0.29, 0.717) is 19.3 Å². The quantitative estimate of drug-likeness (QED) is 0.634. The molecule has 76 valence electrons. The van der Waals surface area contributed by atoms with Gasteiger partial charge in [-0.3, -0.25) is 9.59 Å². The number of benzene rings is 1. The van der Waals surface area contributed by atoms with Gasteiger partial charge in [0.2, 0.25) is 5.91 Å². The second kappa shape index (κ2) is 2.92. The van der Waals surface area contributed by atoms with Crippen LogP contribution in [0.25, 0.3) is 0 Å². The molecule has 1 atom stereocenters. The number of hydrogen-bond acceptors (Lipinski definition) is 2. The average Bonchev–Trinajstić information content (AvgIpc) is 2.64. The van der Waals surface area contributed by atoms with Gasteiger partial charge in [0.15, 0.2) is 5.78 Å². The molecule has 1 fully saturated rings. The van der Waals surface area contributed by atoms with E-state index in [1.807, 2.05) is 24.3 Å². The van der Waals surface area contributed by atoms with Crippen LogP contribution in [-0.4, -0.2) is 17.7 Å². The van der Waals surface area contributed by atoms with E-state index in [0.717, 1.165) is 11.3 Å². The van der Waals surface area contributed by atoms with E-state index in [1.54, 1.807) is 4.90 Å². The van der Waals surface area contributed by atoms with Crippen molar-refractivity contribution >= 4 is 17.4 Å². The number of nitrogens with zero attached hydrogens (tertiary/aromatic N) is 1. The molecule has 3 rings (SSSR count). The molecule has 0 radical (unpaired) electrons. The molecular weight excluding hydrogens is 190 g/mol. The minimum atomic E-state index is -0.219. The molecule has 1 unspecified atom stereocenters. The maximum absolute atomic E-state index is 11.8. The molecule has 2 aliphatic heterocycles. The molecule has 0 aliphatic carbocycles. The highest BCUT2D eigenvalue weighted by Crippen LogP contribution is 2.35. The summed E-state index contributed by atoms with van der Waals surface area (Å²) < 4.78 is 0. The summed E-state index contributed by atoms with van der Waals surface area (Å²) in [5.41, 5.74) is 2.05. The predicted molar refractivity (Wildman–Crippen MR) is 55.7 cm³/mol. The van der Waals surface area contributed by atoms with Crippen molar-refractivity contribution in [3.8, 4) is 0 Å². The summed E-state index contributed by atoms with van der Waals surface area (Å²) in [5.74, 6) is 0.287. The number of hydrogen-bond donors (Lipinski definition) is 0. The highest BCUT2D eigenvalue weighted by molar-refractivity contribution is 6.08. The Labute approximate surface area is 87.7 Å². The van der Waals surface area contributed by atoms with Crippen LogP contribution in [0.15, 0.2) is 24.3 Å². The summed E-state index contributed by atoms with van der Waals surface area (Å²) in [7, 11) is 0. The first-order valence-corrected chi connectivity index (χ1v) is 5.20. The molecular formula is C12H11NO2. The number of carbonyl (C=O) groups excluding carboxylic acids is 2. The van der Waals surface area contributed by atoms with Crippen molar-refractivity contribution in [3.05, 3.63) is 29.8 Å². The molecule has 1 aromatic carbocycles. The second-order valence-electron chi connectivity index (χ2n) is 4.08. The van der Waals surface area contributed by atoms with Crippen LogP contribution in [0.3, 0.4) is 0 Å². The van der Waals surface area contributed by atoms with E-state index in [1.165, 1.54) is 0 Å². The van der Waals surface area contributed by atoms with Gasteiger partial charge in [0, 0.05) is 24.9 Å². The maximum atomic E-state index is 11.8. The number of anilines is 1. The fourth-order valence-electron chi connectivity index (χ4n) is 2.47. The fraction of sp³-hybridized carbons (Fsp3) is 0.333. The zero-order valence-corrected chi connectivity index (χ0v) is 8.27. The molecule has 0 aromatic heterocycles. The Morgan fingerprint density at radius 2 is 1.93 bits per heavy atom. The van der Waals surface area contributed by atoms with Gasteiger partial charge >= 0.3 is 0 Å². The summed E-state index contributed by atoms with van der Waals surface area (Å²) in [5, 5.41) is 0. The van der Waals surface area contributed by atoms with Gasteiger partial charge < -0.3 is 4.90 Å². The summed E-state index contributed by atoms with van der Waals surface area (Å²) in [6.07, 6.45) is 1.47. The van der Waals surface area contributed by atoms with Crippen LogP contribution in [0, 0.1) is 0 Å². The van der Waals surface area contributed by atoms with Gasteiger partial charge in [-0.15, -0.1) is 0 Å². The second-order valence-corrected chi connectivity index (χ2v) is 4.08. The number of amides is 1. The van der Waals surface area contributed by atoms with Crippen molar-refractivity contribution in [1.82, 2.24) is 0 Å². The van der Waals surface area contributed by atoms with Gasteiger partial charge in [0.1, 0.15) is 0 Å². The smallest absolute Gasteiger partial charge is 0.228 e. The van der Waals surface area contributed by atoms with E-state index in [9.17, 15) is 9.59 Å². The summed E-state index contributed by atoms with van der Waals surface area (Å²) in [6, 6.07) is 7.56. The molecule has 3 heteroatoms. The molecule has 0 bridgehead atoms. The van der Waals surface area contributed by atoms with Crippen molar-refractivity contribution in [3.63, 3.8) is 0 Å². The Kier molecular flexibility index (Phi) is 1.69. The molecule has 0 spiro atoms. The molecule has 1 aromatic rings. The topological polar surface area (TPSA) is 37.4 Å². The lowest BCUT2D eigenvalue weighted by atomic mass is 9.99. The van der Waals surface area contributed by atoms with E-state index >= 15 is 0 Å². The van der Waals surface area contributed by atoms with Crippen LogP contribution in [-0.2, 0) is 16.0 Å². The van der Waals surface area contributed by atoms with Crippen LogP contribution < -0.4 is 4.90 Å². The average molecular weight is 201 g/mol. The maximum Gasteiger partial charge on any atom is 0.228 e. The summed E-state index contributed by atoms with van der Waals surface area (Å²) in [6.45, 7) is 0. The highest BCUT2D eigenvalue weighted by atomic mass is 16.2. The minimum Gasteiger partial charge on any atom is -0.301 e. The number of para-hydroxylation sites is 1. The van der Waals surface area contributed by atoms with Crippen LogP contribution in [0.2, 0.25) is 0 Å². The zero-order valence-electron chi connectivity index (χ0n) is 8.27. The monoisotopic (exact) mass is 201 g/mol. The van der Waals surface area contributed by atoms with Crippen LogP contribution in [0.4, 0.5) is 5.69 Å². The molecule has 1 saturated heterocycles. The first-order valence-electron chi connectivity index (χ1n) is 5.20. The SMILES string of the molecule is O=C1CCC(=O)N2c3ccccc3CC12. The van der Waals surface area contributed by atoms with Crippen LogP contribution in [0.1, 0.15) is 18.4 Å². The molecule has 3 nitrogen and oxygen atoms in total. The molecule has 1 amide bonds. The van der Waals surface area contributed by atoms with Crippen molar-refractivity contribution < 1.29 is 9.59 Å². The van der Waals surface area contributed by atoms with E-state index < -0.39 is 0 Å². The van der Waals surface area contributed by atoms with Crippen LogP contribution in [0.5, 0.6) is 0 Å². The number of fused-ring (bicyclic) bond motifs is 3. The number of rotatable bonds is 0. The third-order valence-corrected chi connectivity index (χ3v) is 3.20. The first-order chi connectivity index (χ1) is 7.27. The standard InChI is InChI=1S/C12H11NO2/c14-11-5-6-12(15)13-9-4-2-1-3-8(9)7-10(11)13/h1-4,10H,5-7H2. The molecule has 0 saturated carbocycles. The highest BCUT2D eigenvalue weighted by Gasteiger charge is 2.40. The Bertz CT molecular complexity index is 453. The largest absolute Gasteiger partial charge is 0.301 e. The molecule has 15 heavy (non-hydrogen) atoms. The lowest BCUT2D eigenvalue weighted by Crippen LogP contribution is -2.47. The van der Waals surface area contributed by atoms with Gasteiger partial charge in [0.05, 0.1) is 6.04 Å². The van der Waals surface area contributed by atoms with Crippen LogP contribution >= 0.6 is 0 Å². The Morgan fingerprint density at radius 1 is 1.13 bits per heavy atom. The zero-order chi connectivity index (χ0) is 10.4. The van der Waals surface area contributed by atoms with Crippen molar-refractivity contribution in [2.45, 2.75) is 25.3 Å². The predicted octanol–water partition coefficient (Wildman–Crippen LogP) is 1.31. The van der Waals surface area contributed by atoms with Gasteiger partial charge in [0.25, 0.3) is 0 Å². The van der Waals surface area contributed by atoms with E-state index in [4.69, 9.17) is 0 Å². The van der Waals surface area contributed by atoms with E-state index in [-0.39, 0.29) is 17.7 Å². The third kappa shape index (κ3) is 1.12. The van der Waals surface area contributed by atoms with Crippen molar-refractivity contribution in [1.29, 1.82) is 0 Å². The fourth-order valence-corrected chi connectivity index (χ4v) is 2.47. The Balaban J connectivity index is 2.11. The lowest BCUT2D eigenvalue weighted by Gasteiger charge is -2.28. The number of piperidine rings is 1. The van der Waals surface area contributed by atoms with Crippen molar-refractivity contribution in [2.75, 3.05) is 4.90 Å². The Morgan fingerprint density at radius 3 is 2.80 bits per heavy atom. The molecule has 2 aliphatic rings. The Hall–Kier alpha value is -1.64. The minimum absolute atomic E-state index is 0.0875. The first kappa shape index (κ1) is 8.65. The van der Waals surface area contributed by atoms with Crippen molar-refractivity contribution in [2.24, 2.45) is 0 Å². The number of Topliss-reactive ketones (excluding diaryl/α,β-unsaturated/α-hetero) is 1. The van der Waals surface area contributed by atoms with Gasteiger partial charge in [-0.25, -0.2) is 0 Å². The van der Waals surface area contributed by atoms with Gasteiger partial charge in [-0.2, -0.15) is 0 Å². The van der Waals surface area contributed by atoms with E-state index in [2.05, 4.69) is 0 Å². The number of ketones is 1. The number of carbonyl (C=O) groups is 2. The summed E-state index contributed by atoms with van der Waals surface area (Å²) in [4.78, 5) is 25.1. The lowest BCUT2D eigenvalue weighted by molar-refractivity contribution is -0.129. The third-order valence-electron chi connectivity index (χ3n) is 3.20. The normalized spacial score (nSPS) is 24.0.